The third-order valence-electron chi connectivity index (χ3n) is 4.25. The highest BCUT2D eigenvalue weighted by Gasteiger charge is 2.01. The molecule has 0 amide bonds. The third kappa shape index (κ3) is 6.20. The number of nitrogens with zero attached hydrogens (tertiary/aromatic N) is 3. The van der Waals surface area contributed by atoms with Gasteiger partial charge in [-0.1, -0.05) is 24.3 Å². The van der Waals surface area contributed by atoms with Crippen molar-refractivity contribution in [2.45, 2.75) is 19.4 Å². The van der Waals surface area contributed by atoms with Crippen molar-refractivity contribution in [3.8, 4) is 5.75 Å². The average Bonchev–Trinajstić information content (AvgIpc) is 3.36. The van der Waals surface area contributed by atoms with E-state index >= 15 is 0 Å². The normalized spacial score (nSPS) is 10.6. The first-order valence-electron chi connectivity index (χ1n) is 9.09. The molecule has 0 radical (unpaired) electrons. The van der Waals surface area contributed by atoms with Gasteiger partial charge in [-0.15, -0.1) is 12.4 Å². The average molecular weight is 414 g/mol. The van der Waals surface area contributed by atoms with Gasteiger partial charge in [-0.2, -0.15) is 0 Å². The van der Waals surface area contributed by atoms with Crippen molar-refractivity contribution < 1.29 is 14.6 Å². The lowest BCUT2D eigenvalue weighted by Gasteiger charge is -2.06. The van der Waals surface area contributed by atoms with Gasteiger partial charge < -0.3 is 19.2 Å². The molecule has 2 N–H and O–H groups in total. The number of unbranched alkanes of at least 4 members (excludes halogenated alkanes) is 1. The number of aromatic nitrogens is 3. The lowest BCUT2D eigenvalue weighted by molar-refractivity contribution is 0.303. The molecule has 0 unspecified atom stereocenters. The minimum atomic E-state index is 0. The zero-order chi connectivity index (χ0) is 18.3. The monoisotopic (exact) mass is 413 g/mol. The molecule has 152 valence electrons. The summed E-state index contributed by atoms with van der Waals surface area (Å²) < 4.78 is 13.6. The number of hydrogen-bond donors (Lipinski definition) is 0. The fraction of sp³-hybridized carbons (Fsp3) is 0.182. The fourth-order valence-electron chi connectivity index (χ4n) is 2.81. The number of benzene rings is 2. The maximum absolute atomic E-state index is 5.80. The third-order valence-corrected chi connectivity index (χ3v) is 4.25. The molecule has 0 fully saturated rings. The summed E-state index contributed by atoms with van der Waals surface area (Å²) in [5.74, 6) is 1.49. The van der Waals surface area contributed by atoms with Crippen LogP contribution in [0.4, 0.5) is 0 Å². The summed E-state index contributed by atoms with van der Waals surface area (Å²) in [6.45, 7) is 1.69. The first kappa shape index (κ1) is 22.2. The number of oxazole rings is 1. The van der Waals surface area contributed by atoms with E-state index < -0.39 is 0 Å². The summed E-state index contributed by atoms with van der Waals surface area (Å²) in [5.41, 5.74) is 2.74. The molecule has 0 bridgehead atoms. The number of ether oxygens (including phenoxy) is 1. The van der Waals surface area contributed by atoms with E-state index in [-0.39, 0.29) is 17.9 Å². The maximum Gasteiger partial charge on any atom is 0.220 e. The quantitative estimate of drug-likeness (QED) is 0.393. The molecule has 0 aliphatic heterocycles. The Hall–Kier alpha value is -3.09. The molecular formula is C22H24ClN3O3. The minimum absolute atomic E-state index is 0. The SMILES string of the molecule is C(=C\c1nc2ccccc2o1)/c1ccc(OCCCCn2ccnc2)cc1.Cl.O. The van der Waals surface area contributed by atoms with E-state index in [1.807, 2.05) is 73.2 Å². The largest absolute Gasteiger partial charge is 0.494 e. The van der Waals surface area contributed by atoms with Crippen LogP contribution in [0.5, 0.6) is 5.75 Å². The molecule has 6 nitrogen and oxygen atoms in total. The molecule has 0 aliphatic rings. The van der Waals surface area contributed by atoms with Crippen molar-refractivity contribution in [2.24, 2.45) is 0 Å². The van der Waals surface area contributed by atoms with Gasteiger partial charge in [0.1, 0.15) is 11.3 Å². The van der Waals surface area contributed by atoms with Crippen LogP contribution in [0.2, 0.25) is 0 Å². The van der Waals surface area contributed by atoms with Crippen molar-refractivity contribution in [2.75, 3.05) is 6.61 Å². The molecule has 4 rings (SSSR count). The van der Waals surface area contributed by atoms with Crippen LogP contribution in [0, 0.1) is 0 Å². The Bertz CT molecular complexity index is 978. The molecule has 0 spiro atoms. The van der Waals surface area contributed by atoms with E-state index in [1.165, 1.54) is 0 Å². The van der Waals surface area contributed by atoms with Crippen LogP contribution in [-0.2, 0) is 6.54 Å². The van der Waals surface area contributed by atoms with E-state index in [2.05, 4.69) is 14.5 Å². The lowest BCUT2D eigenvalue weighted by atomic mass is 10.2. The van der Waals surface area contributed by atoms with E-state index in [0.717, 1.165) is 41.8 Å². The Morgan fingerprint density at radius 2 is 1.83 bits per heavy atom. The smallest absolute Gasteiger partial charge is 0.220 e. The summed E-state index contributed by atoms with van der Waals surface area (Å²) in [6.07, 6.45) is 11.6. The predicted octanol–water partition coefficient (Wildman–Crippen LogP) is 4.65. The van der Waals surface area contributed by atoms with Crippen molar-refractivity contribution in [3.63, 3.8) is 0 Å². The van der Waals surface area contributed by atoms with Gasteiger partial charge >= 0.3 is 0 Å². The van der Waals surface area contributed by atoms with Gasteiger partial charge in [-0.3, -0.25) is 0 Å². The molecule has 0 atom stereocenters. The molecule has 0 aliphatic carbocycles. The highest BCUT2D eigenvalue weighted by atomic mass is 35.5. The van der Waals surface area contributed by atoms with Crippen molar-refractivity contribution in [1.29, 1.82) is 0 Å². The van der Waals surface area contributed by atoms with Gasteiger partial charge in [0.25, 0.3) is 0 Å². The maximum atomic E-state index is 5.80. The topological polar surface area (TPSA) is 84.6 Å². The number of rotatable bonds is 8. The fourth-order valence-corrected chi connectivity index (χ4v) is 2.81. The molecule has 7 heteroatoms. The van der Waals surface area contributed by atoms with Gasteiger partial charge in [0.15, 0.2) is 5.58 Å². The zero-order valence-electron chi connectivity index (χ0n) is 15.9. The van der Waals surface area contributed by atoms with Gasteiger partial charge in [0, 0.05) is 25.0 Å². The minimum Gasteiger partial charge on any atom is -0.494 e. The summed E-state index contributed by atoms with van der Waals surface area (Å²) >= 11 is 0. The summed E-state index contributed by atoms with van der Waals surface area (Å²) in [7, 11) is 0. The van der Waals surface area contributed by atoms with Crippen molar-refractivity contribution in [3.05, 3.63) is 78.7 Å². The van der Waals surface area contributed by atoms with Gasteiger partial charge in [-0.25, -0.2) is 9.97 Å². The molecule has 2 heterocycles. The van der Waals surface area contributed by atoms with E-state index in [0.29, 0.717) is 12.5 Å². The number of aryl methyl sites for hydroxylation is 1. The van der Waals surface area contributed by atoms with Crippen molar-refractivity contribution in [1.82, 2.24) is 14.5 Å². The zero-order valence-corrected chi connectivity index (χ0v) is 16.7. The Morgan fingerprint density at radius 3 is 2.59 bits per heavy atom. The second-order valence-electron chi connectivity index (χ2n) is 6.28. The van der Waals surface area contributed by atoms with Crippen LogP contribution in [0.15, 0.2) is 71.7 Å². The van der Waals surface area contributed by atoms with Crippen LogP contribution in [0.1, 0.15) is 24.3 Å². The molecular weight excluding hydrogens is 390 g/mol. The van der Waals surface area contributed by atoms with Crippen LogP contribution in [0.3, 0.4) is 0 Å². The first-order valence-corrected chi connectivity index (χ1v) is 9.09. The van der Waals surface area contributed by atoms with E-state index in [1.54, 1.807) is 6.20 Å². The van der Waals surface area contributed by atoms with Gasteiger partial charge in [0.2, 0.25) is 5.89 Å². The van der Waals surface area contributed by atoms with Crippen LogP contribution >= 0.6 is 12.4 Å². The Morgan fingerprint density at radius 1 is 1.00 bits per heavy atom. The Kier molecular flexibility index (Phi) is 8.45. The number of hydrogen-bond acceptors (Lipinski definition) is 4. The number of para-hydroxylation sites is 2. The van der Waals surface area contributed by atoms with Crippen LogP contribution in [-0.4, -0.2) is 26.6 Å². The highest BCUT2D eigenvalue weighted by Crippen LogP contribution is 2.18. The van der Waals surface area contributed by atoms with E-state index in [4.69, 9.17) is 9.15 Å². The molecule has 0 saturated heterocycles. The van der Waals surface area contributed by atoms with Gasteiger partial charge in [0.05, 0.1) is 12.9 Å². The molecule has 29 heavy (non-hydrogen) atoms. The van der Waals surface area contributed by atoms with Crippen LogP contribution in [0.25, 0.3) is 23.3 Å². The second-order valence-corrected chi connectivity index (χ2v) is 6.28. The summed E-state index contributed by atoms with van der Waals surface area (Å²) in [5, 5.41) is 0. The Balaban J connectivity index is 0.00000150. The summed E-state index contributed by atoms with van der Waals surface area (Å²) in [6, 6.07) is 15.8. The Labute approximate surface area is 175 Å². The molecule has 2 aromatic heterocycles. The second kappa shape index (κ2) is 11.0. The van der Waals surface area contributed by atoms with Crippen LogP contribution < -0.4 is 4.74 Å². The first-order chi connectivity index (χ1) is 13.4. The number of fused-ring (bicyclic) bond motifs is 1. The highest BCUT2D eigenvalue weighted by molar-refractivity contribution is 5.85. The van der Waals surface area contributed by atoms with Gasteiger partial charge in [-0.05, 0) is 48.7 Å². The molecule has 4 aromatic rings. The lowest BCUT2D eigenvalue weighted by Crippen LogP contribution is -2.00. The number of imidazole rings is 1. The standard InChI is InChI=1S/C22H21N3O2.ClH.H2O/c1-2-6-21-20(5-1)24-22(27-21)12-9-18-7-10-19(11-8-18)26-16-4-3-14-25-15-13-23-17-25;;/h1-2,5-13,15,17H,3-4,14,16H2;1H;1H2/b12-9+;;. The number of halogens is 1. The molecule has 2 aromatic carbocycles. The summed E-state index contributed by atoms with van der Waals surface area (Å²) in [4.78, 5) is 8.48. The molecule has 0 saturated carbocycles. The van der Waals surface area contributed by atoms with E-state index in [9.17, 15) is 0 Å². The predicted molar refractivity (Wildman–Crippen MR) is 117 cm³/mol. The van der Waals surface area contributed by atoms with Crippen molar-refractivity contribution >= 4 is 35.7 Å².